The Morgan fingerprint density at radius 3 is 2.64 bits per heavy atom. The lowest BCUT2D eigenvalue weighted by atomic mass is 10.0. The molecular formula is C17H15ClN2O2. The predicted molar refractivity (Wildman–Crippen MR) is 87.6 cm³/mol. The minimum atomic E-state index is 0.554. The zero-order chi connectivity index (χ0) is 15.5. The summed E-state index contributed by atoms with van der Waals surface area (Å²) in [7, 11) is 3.24. The van der Waals surface area contributed by atoms with Crippen molar-refractivity contribution >= 4 is 11.6 Å². The molecule has 5 heteroatoms. The van der Waals surface area contributed by atoms with E-state index in [2.05, 4.69) is 9.97 Å². The molecule has 4 nitrogen and oxygen atoms in total. The van der Waals surface area contributed by atoms with Gasteiger partial charge in [-0.25, -0.2) is 4.98 Å². The Bertz CT molecular complexity index is 799. The fraction of sp³-hybridized carbons (Fsp3) is 0.118. The van der Waals surface area contributed by atoms with Crippen molar-refractivity contribution in [3.8, 4) is 34.0 Å². The molecule has 2 aromatic carbocycles. The van der Waals surface area contributed by atoms with Gasteiger partial charge in [-0.15, -0.1) is 0 Å². The van der Waals surface area contributed by atoms with Crippen LogP contribution >= 0.6 is 11.6 Å². The summed E-state index contributed by atoms with van der Waals surface area (Å²) in [5.41, 5.74) is 3.46. The van der Waals surface area contributed by atoms with Crippen LogP contribution in [0.2, 0.25) is 5.02 Å². The standard InChI is InChI=1S/C17H15ClN2O2/c1-21-12-6-3-5-11(9-12)16-17(20-10-19-16)13-7-4-8-14(22-2)15(13)18/h3-10H,1-2H3,(H,19,20). The number of methoxy groups -OCH3 is 2. The van der Waals surface area contributed by atoms with Gasteiger partial charge in [-0.3, -0.25) is 0 Å². The Kier molecular flexibility index (Phi) is 4.02. The molecule has 0 amide bonds. The van der Waals surface area contributed by atoms with E-state index in [0.717, 1.165) is 28.3 Å². The molecule has 0 fully saturated rings. The molecule has 0 atom stereocenters. The molecule has 0 spiro atoms. The van der Waals surface area contributed by atoms with Crippen LogP contribution in [-0.2, 0) is 0 Å². The van der Waals surface area contributed by atoms with Crippen LogP contribution in [-0.4, -0.2) is 24.2 Å². The van der Waals surface area contributed by atoms with E-state index >= 15 is 0 Å². The highest BCUT2D eigenvalue weighted by molar-refractivity contribution is 6.34. The topological polar surface area (TPSA) is 47.1 Å². The van der Waals surface area contributed by atoms with Gasteiger partial charge in [-0.2, -0.15) is 0 Å². The second-order valence-electron chi connectivity index (χ2n) is 4.68. The third-order valence-electron chi connectivity index (χ3n) is 3.44. The van der Waals surface area contributed by atoms with Gasteiger partial charge >= 0.3 is 0 Å². The lowest BCUT2D eigenvalue weighted by Crippen LogP contribution is -1.90. The molecule has 1 N–H and O–H groups in total. The highest BCUT2D eigenvalue weighted by Crippen LogP contribution is 2.38. The summed E-state index contributed by atoms with van der Waals surface area (Å²) in [4.78, 5) is 7.58. The summed E-state index contributed by atoms with van der Waals surface area (Å²) in [6.45, 7) is 0. The summed E-state index contributed by atoms with van der Waals surface area (Å²) in [6, 6.07) is 13.4. The summed E-state index contributed by atoms with van der Waals surface area (Å²) in [5, 5.41) is 0.554. The van der Waals surface area contributed by atoms with Crippen LogP contribution in [0.3, 0.4) is 0 Å². The van der Waals surface area contributed by atoms with E-state index in [4.69, 9.17) is 21.1 Å². The first-order valence-corrected chi connectivity index (χ1v) is 7.13. The van der Waals surface area contributed by atoms with Gasteiger partial charge in [0.1, 0.15) is 11.5 Å². The molecule has 0 aliphatic carbocycles. The van der Waals surface area contributed by atoms with Crippen molar-refractivity contribution in [1.29, 1.82) is 0 Å². The van der Waals surface area contributed by atoms with Crippen LogP contribution in [0.1, 0.15) is 0 Å². The van der Waals surface area contributed by atoms with Crippen molar-refractivity contribution in [3.63, 3.8) is 0 Å². The highest BCUT2D eigenvalue weighted by atomic mass is 35.5. The van der Waals surface area contributed by atoms with E-state index in [0.29, 0.717) is 10.8 Å². The summed E-state index contributed by atoms with van der Waals surface area (Å²) in [5.74, 6) is 1.41. The summed E-state index contributed by atoms with van der Waals surface area (Å²) in [6.07, 6.45) is 1.65. The van der Waals surface area contributed by atoms with Gasteiger partial charge < -0.3 is 14.5 Å². The smallest absolute Gasteiger partial charge is 0.138 e. The highest BCUT2D eigenvalue weighted by Gasteiger charge is 2.15. The Morgan fingerprint density at radius 1 is 1.05 bits per heavy atom. The largest absolute Gasteiger partial charge is 0.497 e. The maximum absolute atomic E-state index is 6.42. The quantitative estimate of drug-likeness (QED) is 0.775. The number of hydrogen-bond acceptors (Lipinski definition) is 3. The number of nitrogens with zero attached hydrogens (tertiary/aromatic N) is 1. The summed E-state index contributed by atoms with van der Waals surface area (Å²) >= 11 is 6.42. The maximum Gasteiger partial charge on any atom is 0.138 e. The van der Waals surface area contributed by atoms with Gasteiger partial charge in [-0.05, 0) is 18.2 Å². The molecule has 1 aromatic heterocycles. The van der Waals surface area contributed by atoms with Crippen LogP contribution in [0, 0.1) is 0 Å². The van der Waals surface area contributed by atoms with E-state index in [1.54, 1.807) is 20.5 Å². The maximum atomic E-state index is 6.42. The van der Waals surface area contributed by atoms with Crippen LogP contribution < -0.4 is 9.47 Å². The van der Waals surface area contributed by atoms with Crippen molar-refractivity contribution < 1.29 is 9.47 Å². The van der Waals surface area contributed by atoms with Crippen molar-refractivity contribution in [3.05, 3.63) is 53.8 Å². The minimum absolute atomic E-state index is 0.554. The molecule has 112 valence electrons. The number of benzene rings is 2. The minimum Gasteiger partial charge on any atom is -0.497 e. The van der Waals surface area contributed by atoms with Crippen LogP contribution in [0.4, 0.5) is 0 Å². The molecule has 0 saturated heterocycles. The zero-order valence-electron chi connectivity index (χ0n) is 12.3. The molecule has 3 aromatic rings. The molecule has 0 bridgehead atoms. The van der Waals surface area contributed by atoms with E-state index < -0.39 is 0 Å². The first-order chi connectivity index (χ1) is 10.7. The average molecular weight is 315 g/mol. The van der Waals surface area contributed by atoms with Crippen LogP contribution in [0.15, 0.2) is 48.8 Å². The van der Waals surface area contributed by atoms with Crippen LogP contribution in [0.5, 0.6) is 11.5 Å². The van der Waals surface area contributed by atoms with Crippen molar-refractivity contribution in [1.82, 2.24) is 9.97 Å². The molecule has 0 aliphatic rings. The number of ether oxygens (including phenoxy) is 2. The first-order valence-electron chi connectivity index (χ1n) is 6.75. The van der Waals surface area contributed by atoms with Gasteiger partial charge in [0.25, 0.3) is 0 Å². The normalized spacial score (nSPS) is 10.5. The van der Waals surface area contributed by atoms with Gasteiger partial charge in [0, 0.05) is 11.1 Å². The molecule has 0 aliphatic heterocycles. The Balaban J connectivity index is 2.13. The summed E-state index contributed by atoms with van der Waals surface area (Å²) < 4.78 is 10.6. The molecule has 1 heterocycles. The third-order valence-corrected chi connectivity index (χ3v) is 3.82. The number of imidazole rings is 1. The molecular weight excluding hydrogens is 300 g/mol. The second-order valence-corrected chi connectivity index (χ2v) is 5.06. The van der Waals surface area contributed by atoms with E-state index in [1.807, 2.05) is 42.5 Å². The predicted octanol–water partition coefficient (Wildman–Crippen LogP) is 4.41. The molecule has 0 saturated carbocycles. The van der Waals surface area contributed by atoms with Gasteiger partial charge in [0.2, 0.25) is 0 Å². The number of aromatic amines is 1. The number of H-pyrrole nitrogens is 1. The lowest BCUT2D eigenvalue weighted by molar-refractivity contribution is 0.415. The van der Waals surface area contributed by atoms with Crippen molar-refractivity contribution in [2.24, 2.45) is 0 Å². The number of aromatic nitrogens is 2. The Hall–Kier alpha value is -2.46. The number of nitrogens with one attached hydrogen (secondary N) is 1. The van der Waals surface area contributed by atoms with E-state index in [-0.39, 0.29) is 0 Å². The SMILES string of the molecule is COc1cccc(-c2nc[nH]c2-c2cccc(OC)c2Cl)c1. The second kappa shape index (κ2) is 6.12. The number of halogens is 1. The fourth-order valence-corrected chi connectivity index (χ4v) is 2.65. The fourth-order valence-electron chi connectivity index (χ4n) is 2.35. The monoisotopic (exact) mass is 314 g/mol. The van der Waals surface area contributed by atoms with E-state index in [9.17, 15) is 0 Å². The van der Waals surface area contributed by atoms with Gasteiger partial charge in [0.15, 0.2) is 0 Å². The van der Waals surface area contributed by atoms with Crippen LogP contribution in [0.25, 0.3) is 22.5 Å². The number of hydrogen-bond donors (Lipinski definition) is 1. The van der Waals surface area contributed by atoms with Crippen molar-refractivity contribution in [2.45, 2.75) is 0 Å². The Labute approximate surface area is 133 Å². The van der Waals surface area contributed by atoms with Gasteiger partial charge in [-0.1, -0.05) is 35.9 Å². The Morgan fingerprint density at radius 2 is 1.86 bits per heavy atom. The zero-order valence-corrected chi connectivity index (χ0v) is 13.0. The van der Waals surface area contributed by atoms with Gasteiger partial charge in [0.05, 0.1) is 37.0 Å². The van der Waals surface area contributed by atoms with E-state index in [1.165, 1.54) is 0 Å². The third kappa shape index (κ3) is 2.53. The lowest BCUT2D eigenvalue weighted by Gasteiger charge is -2.09. The molecule has 0 radical (unpaired) electrons. The first kappa shape index (κ1) is 14.5. The molecule has 22 heavy (non-hydrogen) atoms. The molecule has 3 rings (SSSR count). The average Bonchev–Trinajstić information content (AvgIpc) is 3.04. The van der Waals surface area contributed by atoms with Crippen molar-refractivity contribution in [2.75, 3.05) is 14.2 Å². The number of rotatable bonds is 4. The molecule has 0 unspecified atom stereocenters.